The lowest BCUT2D eigenvalue weighted by Crippen LogP contribution is -2.14. The lowest BCUT2D eigenvalue weighted by atomic mass is 10.1. The van der Waals surface area contributed by atoms with Crippen molar-refractivity contribution in [3.63, 3.8) is 0 Å². The van der Waals surface area contributed by atoms with Gasteiger partial charge in [0, 0.05) is 18.2 Å². The van der Waals surface area contributed by atoms with Crippen molar-refractivity contribution >= 4 is 21.7 Å². The van der Waals surface area contributed by atoms with Crippen LogP contribution in [0.25, 0.3) is 0 Å². The summed E-state index contributed by atoms with van der Waals surface area (Å²) < 4.78 is 49.9. The molecule has 10 heteroatoms. The van der Waals surface area contributed by atoms with Crippen molar-refractivity contribution in [3.05, 3.63) is 72.3 Å². The fourth-order valence-corrected chi connectivity index (χ4v) is 4.47. The van der Waals surface area contributed by atoms with Gasteiger partial charge in [-0.15, -0.1) is 0 Å². The first-order chi connectivity index (χ1) is 16.8. The van der Waals surface area contributed by atoms with Crippen molar-refractivity contribution in [2.45, 2.75) is 17.7 Å². The average molecular weight is 502 g/mol. The molecule has 0 heterocycles. The van der Waals surface area contributed by atoms with E-state index in [0.29, 0.717) is 29.4 Å². The lowest BCUT2D eigenvalue weighted by Gasteiger charge is -2.14. The Kier molecular flexibility index (Phi) is 8.80. The van der Waals surface area contributed by atoms with Crippen LogP contribution in [-0.2, 0) is 21.2 Å². The minimum absolute atomic E-state index is 0.0254. The van der Waals surface area contributed by atoms with Gasteiger partial charge in [0.05, 0.1) is 14.2 Å². The Bertz CT molecular complexity index is 1240. The predicted molar refractivity (Wildman–Crippen MR) is 130 cm³/mol. The highest BCUT2D eigenvalue weighted by Gasteiger charge is 2.21. The van der Waals surface area contributed by atoms with E-state index in [1.807, 2.05) is 18.2 Å². The summed E-state index contributed by atoms with van der Waals surface area (Å²) in [7, 11) is -1.07. The zero-order valence-corrected chi connectivity index (χ0v) is 20.2. The topological polar surface area (TPSA) is 120 Å². The Morgan fingerprint density at radius 3 is 2.23 bits per heavy atom. The van der Waals surface area contributed by atoms with Gasteiger partial charge in [-0.05, 0) is 54.4 Å². The number of nitrogens with one attached hydrogen (secondary N) is 1. The van der Waals surface area contributed by atoms with Crippen molar-refractivity contribution in [2.75, 3.05) is 32.2 Å². The maximum atomic E-state index is 12.9. The number of hydrogen-bond acceptors (Lipinski definition) is 7. The van der Waals surface area contributed by atoms with Crippen LogP contribution in [0.3, 0.4) is 0 Å². The third kappa shape index (κ3) is 7.28. The lowest BCUT2D eigenvalue weighted by molar-refractivity contribution is -0.136. The van der Waals surface area contributed by atoms with Crippen LogP contribution in [0.15, 0.2) is 71.6 Å². The van der Waals surface area contributed by atoms with Gasteiger partial charge >= 0.3 is 5.97 Å². The molecule has 0 aromatic heterocycles. The van der Waals surface area contributed by atoms with Crippen molar-refractivity contribution in [1.82, 2.24) is 0 Å². The number of sulfonamides is 1. The number of ether oxygens (including phenoxy) is 4. The molecule has 2 N–H and O–H groups in total. The molecular formula is C25H27NO8S. The summed E-state index contributed by atoms with van der Waals surface area (Å²) in [6.45, 7) is 0.507. The molecule has 0 fully saturated rings. The monoisotopic (exact) mass is 501 g/mol. The van der Waals surface area contributed by atoms with E-state index in [2.05, 4.69) is 4.72 Å². The number of anilines is 1. The molecule has 9 nitrogen and oxygen atoms in total. The predicted octanol–water partition coefficient (Wildman–Crippen LogP) is 3.98. The average Bonchev–Trinajstić information content (AvgIpc) is 2.86. The van der Waals surface area contributed by atoms with Crippen LogP contribution in [0.1, 0.15) is 12.0 Å². The maximum absolute atomic E-state index is 12.9. The molecule has 186 valence electrons. The molecule has 0 saturated carbocycles. The SMILES string of the molecule is COc1ccc(OC)c(S(=O)(=O)Nc2ccc(OCCOc3ccccc3CCC(=O)O)cc2)c1. The van der Waals surface area contributed by atoms with Crippen LogP contribution >= 0.6 is 0 Å². The smallest absolute Gasteiger partial charge is 0.303 e. The van der Waals surface area contributed by atoms with Crippen LogP contribution in [0.5, 0.6) is 23.0 Å². The van der Waals surface area contributed by atoms with Gasteiger partial charge < -0.3 is 24.1 Å². The Morgan fingerprint density at radius 2 is 1.54 bits per heavy atom. The van der Waals surface area contributed by atoms with E-state index in [0.717, 1.165) is 5.56 Å². The van der Waals surface area contributed by atoms with E-state index in [9.17, 15) is 13.2 Å². The van der Waals surface area contributed by atoms with Crippen LogP contribution < -0.4 is 23.7 Å². The van der Waals surface area contributed by atoms with Crippen LogP contribution in [0.4, 0.5) is 5.69 Å². The Balaban J connectivity index is 1.55. The molecule has 0 spiro atoms. The number of aliphatic carboxylic acids is 1. The quantitative estimate of drug-likeness (QED) is 0.338. The van der Waals surface area contributed by atoms with Gasteiger partial charge in [0.15, 0.2) is 0 Å². The molecule has 3 aromatic rings. The summed E-state index contributed by atoms with van der Waals surface area (Å²) in [4.78, 5) is 10.8. The minimum Gasteiger partial charge on any atom is -0.497 e. The molecule has 3 rings (SSSR count). The van der Waals surface area contributed by atoms with Gasteiger partial charge in [-0.25, -0.2) is 8.42 Å². The number of benzene rings is 3. The number of para-hydroxylation sites is 1. The summed E-state index contributed by atoms with van der Waals surface area (Å²) in [6.07, 6.45) is 0.406. The first kappa shape index (κ1) is 25.7. The summed E-state index contributed by atoms with van der Waals surface area (Å²) in [5.74, 6) is 0.880. The number of carboxylic acids is 1. The summed E-state index contributed by atoms with van der Waals surface area (Å²) in [5.41, 5.74) is 1.17. The molecule has 0 unspecified atom stereocenters. The second kappa shape index (κ2) is 12.0. The largest absolute Gasteiger partial charge is 0.497 e. The molecule has 0 aliphatic rings. The molecular weight excluding hydrogens is 474 g/mol. The van der Waals surface area contributed by atoms with Gasteiger partial charge in [-0.2, -0.15) is 0 Å². The second-order valence-corrected chi connectivity index (χ2v) is 9.00. The molecule has 0 saturated heterocycles. The van der Waals surface area contributed by atoms with Crippen LogP contribution in [-0.4, -0.2) is 46.9 Å². The highest BCUT2D eigenvalue weighted by Crippen LogP contribution is 2.30. The highest BCUT2D eigenvalue weighted by molar-refractivity contribution is 7.92. The summed E-state index contributed by atoms with van der Waals surface area (Å²) in [5, 5.41) is 8.88. The van der Waals surface area contributed by atoms with E-state index < -0.39 is 16.0 Å². The first-order valence-electron chi connectivity index (χ1n) is 10.7. The molecule has 0 atom stereocenters. The molecule has 0 bridgehead atoms. The zero-order valence-electron chi connectivity index (χ0n) is 19.4. The number of carbonyl (C=O) groups is 1. The third-order valence-electron chi connectivity index (χ3n) is 4.96. The molecule has 0 aliphatic heterocycles. The minimum atomic E-state index is -3.92. The van der Waals surface area contributed by atoms with Crippen molar-refractivity contribution < 1.29 is 37.3 Å². The third-order valence-corrected chi connectivity index (χ3v) is 6.36. The zero-order chi connectivity index (χ0) is 25.3. The fourth-order valence-electron chi connectivity index (χ4n) is 3.23. The Morgan fingerprint density at radius 1 is 0.857 bits per heavy atom. The number of aryl methyl sites for hydroxylation is 1. The Hall–Kier alpha value is -3.92. The highest BCUT2D eigenvalue weighted by atomic mass is 32.2. The normalized spacial score (nSPS) is 10.9. The molecule has 35 heavy (non-hydrogen) atoms. The van der Waals surface area contributed by atoms with Gasteiger partial charge in [0.2, 0.25) is 0 Å². The van der Waals surface area contributed by atoms with E-state index in [-0.39, 0.29) is 30.3 Å². The van der Waals surface area contributed by atoms with Gasteiger partial charge in [-0.3, -0.25) is 9.52 Å². The number of carboxylic acid groups (broad SMARTS) is 1. The van der Waals surface area contributed by atoms with E-state index in [1.165, 1.54) is 26.4 Å². The van der Waals surface area contributed by atoms with Gasteiger partial charge in [0.1, 0.15) is 41.1 Å². The Labute approximate surface area is 204 Å². The summed E-state index contributed by atoms with van der Waals surface area (Å²) in [6, 6.07) is 18.3. The van der Waals surface area contributed by atoms with Crippen LogP contribution in [0, 0.1) is 0 Å². The second-order valence-electron chi connectivity index (χ2n) is 7.35. The van der Waals surface area contributed by atoms with Gasteiger partial charge in [-0.1, -0.05) is 18.2 Å². The maximum Gasteiger partial charge on any atom is 0.303 e. The van der Waals surface area contributed by atoms with E-state index in [1.54, 1.807) is 36.4 Å². The standard InChI is InChI=1S/C25H27NO8S/c1-31-21-12-13-23(32-2)24(17-21)35(29,30)26-19-8-10-20(11-9-19)33-15-16-34-22-6-4-3-5-18(22)7-14-25(27)28/h3-6,8-13,17,26H,7,14-16H2,1-2H3,(H,27,28). The van der Waals surface area contributed by atoms with Crippen molar-refractivity contribution in [3.8, 4) is 23.0 Å². The van der Waals surface area contributed by atoms with E-state index >= 15 is 0 Å². The molecule has 0 aliphatic carbocycles. The van der Waals surface area contributed by atoms with Gasteiger partial charge in [0.25, 0.3) is 10.0 Å². The first-order valence-corrected chi connectivity index (χ1v) is 12.2. The van der Waals surface area contributed by atoms with E-state index in [4.69, 9.17) is 24.1 Å². The molecule has 3 aromatic carbocycles. The van der Waals surface area contributed by atoms with Crippen LogP contribution in [0.2, 0.25) is 0 Å². The fraction of sp³-hybridized carbons (Fsp3) is 0.240. The number of hydrogen-bond donors (Lipinski definition) is 2. The molecule has 0 radical (unpaired) electrons. The van der Waals surface area contributed by atoms with Crippen molar-refractivity contribution in [1.29, 1.82) is 0 Å². The number of rotatable bonds is 13. The van der Waals surface area contributed by atoms with Crippen molar-refractivity contribution in [2.24, 2.45) is 0 Å². The molecule has 0 amide bonds. The number of methoxy groups -OCH3 is 2. The summed E-state index contributed by atoms with van der Waals surface area (Å²) >= 11 is 0.